The standard InChI is InChI=1S/C49H86O6/c1-4-7-10-13-16-19-22-24-25-28-30-33-36-39-42-48(51)54-45-46(44-53-47(50)41-38-35-32-29-26-21-18-15-12-9-6-3)55-49(52)43-40-37-34-31-27-23-20-17-14-11-8-5-2/h13,15-18,20,22,24,46H,4-12,14,19,21,23,25-45H2,1-3H3/b16-13-,18-15-,20-17-,24-22-/t46-/m1/s1. The Morgan fingerprint density at radius 1 is 0.364 bits per heavy atom. The fourth-order valence-electron chi connectivity index (χ4n) is 6.20. The fraction of sp³-hybridized carbons (Fsp3) is 0.776. The van der Waals surface area contributed by atoms with Crippen molar-refractivity contribution in [2.24, 2.45) is 0 Å². The van der Waals surface area contributed by atoms with Crippen molar-refractivity contribution in [3.63, 3.8) is 0 Å². The molecule has 0 fully saturated rings. The van der Waals surface area contributed by atoms with Crippen LogP contribution in [0.2, 0.25) is 0 Å². The third kappa shape index (κ3) is 42.4. The molecule has 0 heterocycles. The Kier molecular flexibility index (Phi) is 42.0. The number of allylic oxidation sites excluding steroid dienone is 8. The van der Waals surface area contributed by atoms with Crippen LogP contribution in [0, 0.1) is 0 Å². The molecule has 0 bridgehead atoms. The van der Waals surface area contributed by atoms with Crippen molar-refractivity contribution in [1.82, 2.24) is 0 Å². The van der Waals surface area contributed by atoms with Crippen LogP contribution in [0.4, 0.5) is 0 Å². The van der Waals surface area contributed by atoms with Gasteiger partial charge < -0.3 is 14.2 Å². The first kappa shape index (κ1) is 52.4. The highest BCUT2D eigenvalue weighted by Gasteiger charge is 2.19. The first-order valence-corrected chi connectivity index (χ1v) is 23.1. The van der Waals surface area contributed by atoms with E-state index in [0.717, 1.165) is 96.3 Å². The van der Waals surface area contributed by atoms with Crippen LogP contribution in [0.1, 0.15) is 226 Å². The lowest BCUT2D eigenvalue weighted by molar-refractivity contribution is -0.167. The third-order valence-corrected chi connectivity index (χ3v) is 9.78. The van der Waals surface area contributed by atoms with E-state index < -0.39 is 6.10 Å². The molecule has 0 aromatic carbocycles. The SMILES string of the molecule is CCCC/C=C\C/C=C\CCCCCCCC(=O)OC[C@@H](COC(=O)CCCCCCC/C=C\CCCC)OC(=O)CCCCCCC/C=C\CCCCC. The van der Waals surface area contributed by atoms with E-state index >= 15 is 0 Å². The molecule has 0 spiro atoms. The molecular formula is C49H86O6. The molecule has 0 amide bonds. The van der Waals surface area contributed by atoms with Gasteiger partial charge in [-0.1, -0.05) is 166 Å². The summed E-state index contributed by atoms with van der Waals surface area (Å²) < 4.78 is 16.7. The highest BCUT2D eigenvalue weighted by atomic mass is 16.6. The number of ether oxygens (including phenoxy) is 3. The van der Waals surface area contributed by atoms with Crippen molar-refractivity contribution in [3.05, 3.63) is 48.6 Å². The van der Waals surface area contributed by atoms with Gasteiger partial charge in [-0.05, 0) is 89.9 Å². The maximum Gasteiger partial charge on any atom is 0.306 e. The summed E-state index contributed by atoms with van der Waals surface area (Å²) in [4.78, 5) is 37.7. The predicted molar refractivity (Wildman–Crippen MR) is 233 cm³/mol. The molecule has 0 aliphatic carbocycles. The Morgan fingerprint density at radius 2 is 0.673 bits per heavy atom. The van der Waals surface area contributed by atoms with E-state index in [4.69, 9.17) is 14.2 Å². The summed E-state index contributed by atoms with van der Waals surface area (Å²) in [5, 5.41) is 0. The van der Waals surface area contributed by atoms with E-state index in [0.29, 0.717) is 19.3 Å². The second-order valence-corrected chi connectivity index (χ2v) is 15.3. The summed E-state index contributed by atoms with van der Waals surface area (Å²) >= 11 is 0. The van der Waals surface area contributed by atoms with E-state index in [-0.39, 0.29) is 31.1 Å². The van der Waals surface area contributed by atoms with Crippen molar-refractivity contribution in [2.45, 2.75) is 232 Å². The normalized spacial score (nSPS) is 12.4. The summed E-state index contributed by atoms with van der Waals surface area (Å²) in [6.45, 7) is 6.50. The van der Waals surface area contributed by atoms with Gasteiger partial charge in [-0.2, -0.15) is 0 Å². The molecule has 0 aromatic rings. The van der Waals surface area contributed by atoms with Crippen molar-refractivity contribution in [3.8, 4) is 0 Å². The summed E-state index contributed by atoms with van der Waals surface area (Å²) in [7, 11) is 0. The van der Waals surface area contributed by atoms with E-state index in [1.807, 2.05) is 0 Å². The van der Waals surface area contributed by atoms with Crippen LogP contribution in [-0.4, -0.2) is 37.2 Å². The number of rotatable bonds is 41. The molecule has 55 heavy (non-hydrogen) atoms. The van der Waals surface area contributed by atoms with Gasteiger partial charge in [-0.25, -0.2) is 0 Å². The van der Waals surface area contributed by atoms with Crippen LogP contribution in [0.3, 0.4) is 0 Å². The number of hydrogen-bond acceptors (Lipinski definition) is 6. The van der Waals surface area contributed by atoms with Crippen LogP contribution in [0.15, 0.2) is 48.6 Å². The largest absolute Gasteiger partial charge is 0.462 e. The Bertz CT molecular complexity index is 980. The lowest BCUT2D eigenvalue weighted by Gasteiger charge is -2.18. The molecule has 0 saturated carbocycles. The second kappa shape index (κ2) is 44.1. The molecule has 0 N–H and O–H groups in total. The summed E-state index contributed by atoms with van der Waals surface area (Å²) in [6.07, 6.45) is 50.8. The molecule has 0 aliphatic heterocycles. The fourth-order valence-corrected chi connectivity index (χ4v) is 6.20. The van der Waals surface area contributed by atoms with E-state index in [9.17, 15) is 14.4 Å². The molecule has 318 valence electrons. The Hall–Kier alpha value is -2.63. The van der Waals surface area contributed by atoms with E-state index in [1.165, 1.54) is 89.9 Å². The maximum atomic E-state index is 12.7. The van der Waals surface area contributed by atoms with Gasteiger partial charge in [0.1, 0.15) is 13.2 Å². The van der Waals surface area contributed by atoms with Gasteiger partial charge in [0.05, 0.1) is 0 Å². The van der Waals surface area contributed by atoms with Crippen LogP contribution in [-0.2, 0) is 28.6 Å². The molecule has 6 nitrogen and oxygen atoms in total. The predicted octanol–water partition coefficient (Wildman–Crippen LogP) is 14.8. The van der Waals surface area contributed by atoms with Gasteiger partial charge in [-0.3, -0.25) is 14.4 Å². The second-order valence-electron chi connectivity index (χ2n) is 15.3. The Morgan fingerprint density at radius 3 is 1.07 bits per heavy atom. The number of carbonyl (C=O) groups excluding carboxylic acids is 3. The van der Waals surface area contributed by atoms with Gasteiger partial charge in [0.25, 0.3) is 0 Å². The minimum atomic E-state index is -0.783. The maximum absolute atomic E-state index is 12.7. The van der Waals surface area contributed by atoms with Gasteiger partial charge in [0.2, 0.25) is 0 Å². The zero-order valence-corrected chi connectivity index (χ0v) is 36.2. The highest BCUT2D eigenvalue weighted by Crippen LogP contribution is 2.13. The van der Waals surface area contributed by atoms with Gasteiger partial charge in [-0.15, -0.1) is 0 Å². The number of carbonyl (C=O) groups is 3. The quantitative estimate of drug-likeness (QED) is 0.0267. The van der Waals surface area contributed by atoms with Crippen LogP contribution in [0.5, 0.6) is 0 Å². The van der Waals surface area contributed by atoms with Gasteiger partial charge >= 0.3 is 17.9 Å². The topological polar surface area (TPSA) is 78.9 Å². The zero-order valence-electron chi connectivity index (χ0n) is 36.2. The third-order valence-electron chi connectivity index (χ3n) is 9.78. The van der Waals surface area contributed by atoms with Crippen LogP contribution >= 0.6 is 0 Å². The van der Waals surface area contributed by atoms with Gasteiger partial charge in [0.15, 0.2) is 6.10 Å². The van der Waals surface area contributed by atoms with Crippen LogP contribution < -0.4 is 0 Å². The first-order chi connectivity index (χ1) is 27.0. The molecule has 0 aliphatic rings. The minimum absolute atomic E-state index is 0.0855. The lowest BCUT2D eigenvalue weighted by Crippen LogP contribution is -2.30. The zero-order chi connectivity index (χ0) is 40.1. The molecular weight excluding hydrogens is 685 g/mol. The summed E-state index contributed by atoms with van der Waals surface area (Å²) in [5.41, 5.74) is 0. The Balaban J connectivity index is 4.41. The number of unbranched alkanes of at least 4 members (excludes halogenated alkanes) is 22. The monoisotopic (exact) mass is 771 g/mol. The molecule has 0 unspecified atom stereocenters. The average molecular weight is 771 g/mol. The van der Waals surface area contributed by atoms with Crippen molar-refractivity contribution in [2.75, 3.05) is 13.2 Å². The number of hydrogen-bond donors (Lipinski definition) is 0. The molecule has 0 radical (unpaired) electrons. The minimum Gasteiger partial charge on any atom is -0.462 e. The van der Waals surface area contributed by atoms with Gasteiger partial charge in [0, 0.05) is 19.3 Å². The smallest absolute Gasteiger partial charge is 0.306 e. The van der Waals surface area contributed by atoms with Crippen molar-refractivity contribution >= 4 is 17.9 Å². The van der Waals surface area contributed by atoms with Crippen molar-refractivity contribution < 1.29 is 28.6 Å². The molecule has 0 rings (SSSR count). The number of esters is 3. The van der Waals surface area contributed by atoms with Crippen LogP contribution in [0.25, 0.3) is 0 Å². The highest BCUT2D eigenvalue weighted by molar-refractivity contribution is 5.71. The molecule has 6 heteroatoms. The molecule has 0 aromatic heterocycles. The average Bonchev–Trinajstić information content (AvgIpc) is 3.18. The van der Waals surface area contributed by atoms with E-state index in [1.54, 1.807) is 0 Å². The van der Waals surface area contributed by atoms with Crippen molar-refractivity contribution in [1.29, 1.82) is 0 Å². The summed E-state index contributed by atoms with van der Waals surface area (Å²) in [6, 6.07) is 0. The van der Waals surface area contributed by atoms with E-state index in [2.05, 4.69) is 69.4 Å². The molecule has 0 saturated heterocycles. The molecule has 1 atom stereocenters. The summed E-state index contributed by atoms with van der Waals surface area (Å²) in [5.74, 6) is -0.920. The first-order valence-electron chi connectivity index (χ1n) is 23.1. The lowest BCUT2D eigenvalue weighted by atomic mass is 10.1. The Labute approximate surface area is 339 Å².